The van der Waals surface area contributed by atoms with Gasteiger partial charge in [0, 0.05) is 30.7 Å². The summed E-state index contributed by atoms with van der Waals surface area (Å²) < 4.78 is 0. The third-order valence-electron chi connectivity index (χ3n) is 10.0. The molecule has 4 nitrogen and oxygen atoms in total. The minimum absolute atomic E-state index is 0. The van der Waals surface area contributed by atoms with Gasteiger partial charge in [-0.25, -0.2) is 0 Å². The minimum atomic E-state index is 0. The Kier molecular flexibility index (Phi) is 17.4. The molecule has 0 aromatic carbocycles. The number of piperidine rings is 3. The molecule has 6 saturated heterocycles. The molecule has 5 atom stereocenters. The Morgan fingerprint density at radius 1 is 0.405 bits per heavy atom. The van der Waals surface area contributed by atoms with Gasteiger partial charge in [-0.3, -0.25) is 0 Å². The number of fused-ring (bicyclic) bond motifs is 4. The Balaban J connectivity index is 0.000000459. The van der Waals surface area contributed by atoms with Crippen LogP contribution < -0.4 is 0 Å². The second kappa shape index (κ2) is 17.5. The quantitative estimate of drug-likeness (QED) is 0.324. The lowest BCUT2D eigenvalue weighted by atomic mass is 9.75. The van der Waals surface area contributed by atoms with Gasteiger partial charge in [0.2, 0.25) is 0 Å². The van der Waals surface area contributed by atoms with Gasteiger partial charge >= 0.3 is 0 Å². The predicted molar refractivity (Wildman–Crippen MR) is 169 cm³/mol. The highest BCUT2D eigenvalue weighted by Crippen LogP contribution is 2.39. The van der Waals surface area contributed by atoms with Crippen LogP contribution in [0.4, 0.5) is 0 Å². The normalized spacial score (nSPS) is 37.5. The van der Waals surface area contributed by atoms with Crippen LogP contribution in [0, 0.1) is 23.7 Å². The monoisotopic (exact) mass is 525 g/mol. The summed E-state index contributed by atoms with van der Waals surface area (Å²) in [5.74, 6) is 3.93. The first-order valence-electron chi connectivity index (χ1n) is 14.9. The van der Waals surface area contributed by atoms with Crippen LogP contribution in [0.1, 0.15) is 114 Å². The summed E-state index contributed by atoms with van der Waals surface area (Å²) in [4.78, 5) is 9.92. The van der Waals surface area contributed by atoms with Crippen molar-refractivity contribution in [1.29, 1.82) is 0 Å². The smallest absolute Gasteiger partial charge is 0.0113 e. The molecule has 4 heteroatoms. The second-order valence-corrected chi connectivity index (χ2v) is 13.6. The van der Waals surface area contributed by atoms with E-state index in [9.17, 15) is 0 Å². The lowest BCUT2D eigenvalue weighted by molar-refractivity contribution is -0.0258. The van der Waals surface area contributed by atoms with Crippen LogP contribution in [-0.4, -0.2) is 98.1 Å². The third kappa shape index (κ3) is 11.5. The molecule has 0 spiro atoms. The highest BCUT2D eigenvalue weighted by Gasteiger charge is 2.41. The van der Waals surface area contributed by atoms with Crippen molar-refractivity contribution in [2.24, 2.45) is 23.7 Å². The Bertz CT molecular complexity index is 531. The fraction of sp³-hybridized carbons (Fsp3) is 1.00. The van der Waals surface area contributed by atoms with E-state index in [2.05, 4.69) is 75.5 Å². The lowest BCUT2D eigenvalue weighted by Gasteiger charge is -2.53. The van der Waals surface area contributed by atoms with Crippen LogP contribution in [0.15, 0.2) is 0 Å². The molecule has 0 aromatic rings. The van der Waals surface area contributed by atoms with E-state index >= 15 is 0 Å². The SMILES string of the molecule is C.C.C.CC1CC2CC(C1)N2C.CC1CC2CCC(C1)N2C.CC1CCN(C)C1.CC1CCN(C)CC1. The molecule has 37 heavy (non-hydrogen) atoms. The van der Waals surface area contributed by atoms with Crippen molar-refractivity contribution in [3.05, 3.63) is 0 Å². The van der Waals surface area contributed by atoms with Gasteiger partial charge in [0.1, 0.15) is 0 Å². The molecule has 0 amide bonds. The molecule has 0 radical (unpaired) electrons. The summed E-state index contributed by atoms with van der Waals surface area (Å²) in [5, 5.41) is 0. The van der Waals surface area contributed by atoms with Gasteiger partial charge in [-0.05, 0) is 136 Å². The summed E-state index contributed by atoms with van der Waals surface area (Å²) in [6.45, 7) is 14.7. The van der Waals surface area contributed by atoms with E-state index in [0.29, 0.717) is 0 Å². The van der Waals surface area contributed by atoms with Crippen molar-refractivity contribution < 1.29 is 0 Å². The average Bonchev–Trinajstić information content (AvgIpc) is 3.27. The van der Waals surface area contributed by atoms with Crippen LogP contribution in [0.3, 0.4) is 0 Å². The first-order chi connectivity index (χ1) is 16.1. The maximum atomic E-state index is 2.60. The highest BCUT2D eigenvalue weighted by molar-refractivity contribution is 4.96. The number of nitrogens with zero attached hydrogens (tertiary/aromatic N) is 4. The average molecular weight is 525 g/mol. The van der Waals surface area contributed by atoms with E-state index < -0.39 is 0 Å². The van der Waals surface area contributed by atoms with E-state index in [1.165, 1.54) is 90.4 Å². The highest BCUT2D eigenvalue weighted by atomic mass is 15.2. The topological polar surface area (TPSA) is 13.0 Å². The van der Waals surface area contributed by atoms with E-state index in [0.717, 1.165) is 47.8 Å². The van der Waals surface area contributed by atoms with Gasteiger partial charge in [-0.2, -0.15) is 0 Å². The van der Waals surface area contributed by atoms with E-state index in [-0.39, 0.29) is 22.3 Å². The molecule has 1 saturated carbocycles. The molecular weight excluding hydrogens is 452 g/mol. The molecule has 0 aromatic heterocycles. The molecule has 5 unspecified atom stereocenters. The van der Waals surface area contributed by atoms with Crippen molar-refractivity contribution in [3.63, 3.8) is 0 Å². The number of hydrogen-bond acceptors (Lipinski definition) is 4. The van der Waals surface area contributed by atoms with Gasteiger partial charge in [-0.15, -0.1) is 0 Å². The van der Waals surface area contributed by atoms with Crippen LogP contribution in [0.5, 0.6) is 0 Å². The largest absolute Gasteiger partial charge is 0.306 e. The zero-order chi connectivity index (χ0) is 24.8. The summed E-state index contributed by atoms with van der Waals surface area (Å²) in [7, 11) is 8.95. The van der Waals surface area contributed by atoms with Gasteiger partial charge in [-0.1, -0.05) is 50.0 Å². The summed E-state index contributed by atoms with van der Waals surface area (Å²) in [6, 6.07) is 3.79. The molecule has 6 heterocycles. The maximum Gasteiger partial charge on any atom is 0.0113 e. The Labute approximate surface area is 235 Å². The van der Waals surface area contributed by atoms with Crippen LogP contribution in [0.2, 0.25) is 0 Å². The molecule has 224 valence electrons. The Hall–Kier alpha value is -0.160. The van der Waals surface area contributed by atoms with E-state index in [4.69, 9.17) is 0 Å². The Morgan fingerprint density at radius 3 is 1.08 bits per heavy atom. The van der Waals surface area contributed by atoms with Crippen molar-refractivity contribution in [2.75, 3.05) is 54.4 Å². The fourth-order valence-corrected chi connectivity index (χ4v) is 7.33. The number of rotatable bonds is 0. The lowest BCUT2D eigenvalue weighted by Crippen LogP contribution is -2.58. The first kappa shape index (κ1) is 36.8. The van der Waals surface area contributed by atoms with Gasteiger partial charge in [0.15, 0.2) is 0 Å². The predicted octanol–water partition coefficient (Wildman–Crippen LogP) is 7.58. The van der Waals surface area contributed by atoms with E-state index in [1.54, 1.807) is 0 Å². The van der Waals surface area contributed by atoms with Crippen molar-refractivity contribution in [2.45, 2.75) is 138 Å². The molecule has 4 bridgehead atoms. The fourth-order valence-electron chi connectivity index (χ4n) is 7.33. The van der Waals surface area contributed by atoms with Gasteiger partial charge < -0.3 is 19.6 Å². The standard InChI is InChI=1S/C9H17N.C8H15N.C7H15N.C6H13N.3CH4/c1-7-5-8-3-4-9(6-7)10(8)2;1-6-3-7-5-8(4-6)9(7)2;1-7-3-5-8(2)6-4-7;1-6-3-4-7(2)5-6;;;/h7-9H,3-6H2,1-2H3;6-8H,3-5H2,1-2H3;7H,3-6H2,1-2H3;6H,3-5H2,1-2H3;3*1H4. The van der Waals surface area contributed by atoms with Crippen molar-refractivity contribution in [1.82, 2.24) is 19.6 Å². The zero-order valence-corrected chi connectivity index (χ0v) is 24.3. The van der Waals surface area contributed by atoms with Gasteiger partial charge in [0.05, 0.1) is 0 Å². The molecule has 6 aliphatic heterocycles. The molecule has 7 rings (SSSR count). The molecule has 7 aliphatic rings. The van der Waals surface area contributed by atoms with E-state index in [1.807, 2.05) is 0 Å². The molecule has 1 aliphatic carbocycles. The van der Waals surface area contributed by atoms with Crippen molar-refractivity contribution in [3.8, 4) is 0 Å². The zero-order valence-electron chi connectivity index (χ0n) is 24.3. The Morgan fingerprint density at radius 2 is 0.784 bits per heavy atom. The summed E-state index contributed by atoms with van der Waals surface area (Å²) in [5.41, 5.74) is 0. The van der Waals surface area contributed by atoms with Crippen LogP contribution in [0.25, 0.3) is 0 Å². The molecular formula is C33H72N4. The first-order valence-corrected chi connectivity index (χ1v) is 14.9. The van der Waals surface area contributed by atoms with Crippen LogP contribution >= 0.6 is 0 Å². The van der Waals surface area contributed by atoms with Gasteiger partial charge in [0.25, 0.3) is 0 Å². The number of likely N-dealkylation sites (tertiary alicyclic amines) is 2. The number of hydrogen-bond donors (Lipinski definition) is 0. The minimum Gasteiger partial charge on any atom is -0.306 e. The molecule has 7 fully saturated rings. The molecule has 0 N–H and O–H groups in total. The third-order valence-corrected chi connectivity index (χ3v) is 10.0. The second-order valence-electron chi connectivity index (χ2n) is 13.6. The van der Waals surface area contributed by atoms with Crippen LogP contribution in [-0.2, 0) is 0 Å². The maximum absolute atomic E-state index is 2.60. The van der Waals surface area contributed by atoms with Crippen molar-refractivity contribution >= 4 is 0 Å². The summed E-state index contributed by atoms with van der Waals surface area (Å²) >= 11 is 0. The summed E-state index contributed by atoms with van der Waals surface area (Å²) in [6.07, 6.45) is 14.4.